The monoisotopic (exact) mass is 264 g/mol. The second kappa shape index (κ2) is 6.70. The second-order valence-corrected chi connectivity index (χ2v) is 5.50. The zero-order chi connectivity index (χ0) is 13.7. The Labute approximate surface area is 114 Å². The van der Waals surface area contributed by atoms with E-state index < -0.39 is 0 Å². The fourth-order valence-corrected chi connectivity index (χ4v) is 2.53. The maximum atomic E-state index is 12.1. The average Bonchev–Trinajstić information content (AvgIpc) is 2.63. The van der Waals surface area contributed by atoms with Crippen molar-refractivity contribution in [3.8, 4) is 0 Å². The molecule has 5 nitrogen and oxygen atoms in total. The maximum absolute atomic E-state index is 12.1. The SMILES string of the molecule is CN(C)CCCNC(=O)c1n[nH]c2c1CCCCC2. The van der Waals surface area contributed by atoms with Crippen LogP contribution >= 0.6 is 0 Å². The number of nitrogens with zero attached hydrogens (tertiary/aromatic N) is 2. The molecule has 1 aromatic rings. The highest BCUT2D eigenvalue weighted by Crippen LogP contribution is 2.21. The third kappa shape index (κ3) is 3.80. The van der Waals surface area contributed by atoms with E-state index in [1.807, 2.05) is 14.1 Å². The van der Waals surface area contributed by atoms with E-state index in [0.29, 0.717) is 12.2 Å². The molecule has 1 aromatic heterocycles. The zero-order valence-corrected chi connectivity index (χ0v) is 12.0. The largest absolute Gasteiger partial charge is 0.351 e. The molecule has 0 fully saturated rings. The lowest BCUT2D eigenvalue weighted by molar-refractivity contribution is 0.0946. The van der Waals surface area contributed by atoms with Gasteiger partial charge in [0, 0.05) is 17.8 Å². The first kappa shape index (κ1) is 14.1. The summed E-state index contributed by atoms with van der Waals surface area (Å²) in [6, 6.07) is 0. The number of carbonyl (C=O) groups is 1. The molecule has 0 spiro atoms. The molecule has 0 bridgehead atoms. The van der Waals surface area contributed by atoms with Crippen LogP contribution in [0.4, 0.5) is 0 Å². The zero-order valence-electron chi connectivity index (χ0n) is 12.0. The lowest BCUT2D eigenvalue weighted by atomic mass is 10.1. The van der Waals surface area contributed by atoms with Gasteiger partial charge in [0.15, 0.2) is 5.69 Å². The van der Waals surface area contributed by atoms with Gasteiger partial charge in [-0.05, 0) is 52.7 Å². The number of nitrogens with one attached hydrogen (secondary N) is 2. The topological polar surface area (TPSA) is 61.0 Å². The molecule has 0 aliphatic heterocycles. The number of hydrogen-bond acceptors (Lipinski definition) is 3. The summed E-state index contributed by atoms with van der Waals surface area (Å²) in [7, 11) is 4.07. The summed E-state index contributed by atoms with van der Waals surface area (Å²) in [4.78, 5) is 14.2. The van der Waals surface area contributed by atoms with Crippen LogP contribution in [0.5, 0.6) is 0 Å². The van der Waals surface area contributed by atoms with Gasteiger partial charge in [-0.25, -0.2) is 0 Å². The normalized spacial score (nSPS) is 15.1. The Morgan fingerprint density at radius 1 is 1.32 bits per heavy atom. The molecular weight excluding hydrogens is 240 g/mol. The van der Waals surface area contributed by atoms with Crippen molar-refractivity contribution in [3.05, 3.63) is 17.0 Å². The van der Waals surface area contributed by atoms with Crippen LogP contribution in [0.25, 0.3) is 0 Å². The summed E-state index contributed by atoms with van der Waals surface area (Å²) < 4.78 is 0. The van der Waals surface area contributed by atoms with Crippen LogP contribution < -0.4 is 5.32 Å². The number of amides is 1. The minimum absolute atomic E-state index is 0.0295. The van der Waals surface area contributed by atoms with Gasteiger partial charge in [0.2, 0.25) is 0 Å². The van der Waals surface area contributed by atoms with Crippen LogP contribution in [0.2, 0.25) is 0 Å². The number of carbonyl (C=O) groups excluding carboxylic acids is 1. The van der Waals surface area contributed by atoms with E-state index in [-0.39, 0.29) is 5.91 Å². The van der Waals surface area contributed by atoms with Gasteiger partial charge in [-0.3, -0.25) is 9.89 Å². The minimum Gasteiger partial charge on any atom is -0.351 e. The van der Waals surface area contributed by atoms with Crippen molar-refractivity contribution in [2.24, 2.45) is 0 Å². The molecule has 19 heavy (non-hydrogen) atoms. The molecule has 2 rings (SSSR count). The fraction of sp³-hybridized carbons (Fsp3) is 0.714. The summed E-state index contributed by atoms with van der Waals surface area (Å²) in [5.74, 6) is -0.0295. The molecule has 1 amide bonds. The predicted molar refractivity (Wildman–Crippen MR) is 75.4 cm³/mol. The highest BCUT2D eigenvalue weighted by atomic mass is 16.1. The Kier molecular flexibility index (Phi) is 4.96. The lowest BCUT2D eigenvalue weighted by Crippen LogP contribution is -2.28. The highest BCUT2D eigenvalue weighted by molar-refractivity contribution is 5.93. The van der Waals surface area contributed by atoms with E-state index in [1.54, 1.807) is 0 Å². The highest BCUT2D eigenvalue weighted by Gasteiger charge is 2.20. The van der Waals surface area contributed by atoms with Crippen molar-refractivity contribution in [2.75, 3.05) is 27.2 Å². The van der Waals surface area contributed by atoms with E-state index in [4.69, 9.17) is 0 Å². The molecule has 1 heterocycles. The summed E-state index contributed by atoms with van der Waals surface area (Å²) in [6.07, 6.45) is 6.56. The van der Waals surface area contributed by atoms with Gasteiger partial charge in [-0.15, -0.1) is 0 Å². The Morgan fingerprint density at radius 2 is 2.11 bits per heavy atom. The molecule has 106 valence electrons. The smallest absolute Gasteiger partial charge is 0.272 e. The molecule has 2 N–H and O–H groups in total. The second-order valence-electron chi connectivity index (χ2n) is 5.50. The van der Waals surface area contributed by atoms with Gasteiger partial charge in [0.05, 0.1) is 0 Å². The first-order valence-electron chi connectivity index (χ1n) is 7.17. The molecule has 0 saturated heterocycles. The summed E-state index contributed by atoms with van der Waals surface area (Å²) in [5, 5.41) is 10.2. The lowest BCUT2D eigenvalue weighted by Gasteiger charge is -2.09. The van der Waals surface area contributed by atoms with Crippen molar-refractivity contribution in [1.82, 2.24) is 20.4 Å². The Morgan fingerprint density at radius 3 is 2.89 bits per heavy atom. The first-order chi connectivity index (χ1) is 9.18. The molecule has 5 heteroatoms. The van der Waals surface area contributed by atoms with Crippen LogP contribution in [0, 0.1) is 0 Å². The van der Waals surface area contributed by atoms with Crippen LogP contribution in [-0.2, 0) is 12.8 Å². The molecular formula is C14H24N4O. The van der Waals surface area contributed by atoms with Gasteiger partial charge in [0.25, 0.3) is 5.91 Å². The van der Waals surface area contributed by atoms with Gasteiger partial charge in [-0.2, -0.15) is 5.10 Å². The summed E-state index contributed by atoms with van der Waals surface area (Å²) in [5.41, 5.74) is 2.92. The number of fused-ring (bicyclic) bond motifs is 1. The third-order valence-electron chi connectivity index (χ3n) is 3.59. The molecule has 0 aromatic carbocycles. The molecule has 1 aliphatic carbocycles. The first-order valence-corrected chi connectivity index (χ1v) is 7.17. The number of aromatic nitrogens is 2. The number of aromatic amines is 1. The molecule has 0 unspecified atom stereocenters. The maximum Gasteiger partial charge on any atom is 0.272 e. The van der Waals surface area contributed by atoms with Crippen LogP contribution in [0.3, 0.4) is 0 Å². The third-order valence-corrected chi connectivity index (χ3v) is 3.59. The molecule has 1 aliphatic rings. The van der Waals surface area contributed by atoms with Crippen molar-refractivity contribution in [3.63, 3.8) is 0 Å². The number of hydrogen-bond donors (Lipinski definition) is 2. The quantitative estimate of drug-likeness (QED) is 0.623. The summed E-state index contributed by atoms with van der Waals surface area (Å²) in [6.45, 7) is 1.69. The Bertz CT molecular complexity index is 425. The predicted octanol–water partition coefficient (Wildman–Crippen LogP) is 1.36. The van der Waals surface area contributed by atoms with Crippen molar-refractivity contribution < 1.29 is 4.79 Å². The Balaban J connectivity index is 1.90. The van der Waals surface area contributed by atoms with Crippen molar-refractivity contribution in [2.45, 2.75) is 38.5 Å². The van der Waals surface area contributed by atoms with Crippen molar-refractivity contribution in [1.29, 1.82) is 0 Å². The van der Waals surface area contributed by atoms with E-state index in [9.17, 15) is 4.79 Å². The standard InChI is InChI=1S/C14H24N4O/c1-18(2)10-6-9-15-14(19)13-11-7-4-3-5-8-12(11)16-17-13/h3-10H2,1-2H3,(H,15,19)(H,16,17). The van der Waals surface area contributed by atoms with E-state index in [0.717, 1.165) is 43.5 Å². The van der Waals surface area contributed by atoms with E-state index >= 15 is 0 Å². The van der Waals surface area contributed by atoms with Gasteiger partial charge < -0.3 is 10.2 Å². The Hall–Kier alpha value is -1.36. The van der Waals surface area contributed by atoms with E-state index in [1.165, 1.54) is 12.8 Å². The average molecular weight is 264 g/mol. The number of aryl methyl sites for hydroxylation is 1. The molecule has 0 saturated carbocycles. The van der Waals surface area contributed by atoms with Gasteiger partial charge in [-0.1, -0.05) is 6.42 Å². The summed E-state index contributed by atoms with van der Waals surface area (Å²) >= 11 is 0. The number of rotatable bonds is 5. The molecule has 0 atom stereocenters. The van der Waals surface area contributed by atoms with Gasteiger partial charge >= 0.3 is 0 Å². The van der Waals surface area contributed by atoms with Crippen molar-refractivity contribution >= 4 is 5.91 Å². The fourth-order valence-electron chi connectivity index (χ4n) is 2.53. The van der Waals surface area contributed by atoms with Crippen LogP contribution in [-0.4, -0.2) is 48.2 Å². The van der Waals surface area contributed by atoms with Crippen LogP contribution in [0.15, 0.2) is 0 Å². The molecule has 0 radical (unpaired) electrons. The van der Waals surface area contributed by atoms with E-state index in [2.05, 4.69) is 20.4 Å². The number of H-pyrrole nitrogens is 1. The van der Waals surface area contributed by atoms with Crippen LogP contribution in [0.1, 0.15) is 47.4 Å². The minimum atomic E-state index is -0.0295. The van der Waals surface area contributed by atoms with Gasteiger partial charge in [0.1, 0.15) is 0 Å².